The number of aryl methyl sites for hydroxylation is 1. The Labute approximate surface area is 185 Å². The molecule has 0 aliphatic rings. The van der Waals surface area contributed by atoms with E-state index in [4.69, 9.17) is 4.74 Å². The van der Waals surface area contributed by atoms with Gasteiger partial charge in [-0.3, -0.25) is 13.8 Å². The van der Waals surface area contributed by atoms with E-state index in [-0.39, 0.29) is 12.2 Å². The fourth-order valence-corrected chi connectivity index (χ4v) is 4.52. The maximum absolute atomic E-state index is 13.0. The molecule has 8 nitrogen and oxygen atoms in total. The Bertz CT molecular complexity index is 1610. The summed E-state index contributed by atoms with van der Waals surface area (Å²) in [7, 11) is 1.63. The third-order valence-electron chi connectivity index (χ3n) is 5.21. The van der Waals surface area contributed by atoms with Crippen LogP contribution in [0.1, 0.15) is 21.7 Å². The molecule has 0 bridgehead atoms. The van der Waals surface area contributed by atoms with Crippen molar-refractivity contribution in [3.8, 4) is 17.2 Å². The molecule has 0 aliphatic carbocycles. The Hall–Kier alpha value is -4.29. The number of rotatable bonds is 4. The summed E-state index contributed by atoms with van der Waals surface area (Å²) in [6.07, 6.45) is 0. The standard InChI is InChI=1S/C23H15N5O3S/c1-27-21(29)20-18(10-11-32-20)28-19(25-26-23(27)28)13-31-22(30)17-9-5-4-8-16(17)15-7-3-2-6-14(15)12-24/h2-11H,13H2,1H3. The second kappa shape index (κ2) is 7.76. The summed E-state index contributed by atoms with van der Waals surface area (Å²) in [5, 5.41) is 19.5. The molecular weight excluding hydrogens is 426 g/mol. The number of benzene rings is 2. The highest BCUT2D eigenvalue weighted by molar-refractivity contribution is 7.17. The number of esters is 1. The third-order valence-corrected chi connectivity index (χ3v) is 6.11. The van der Waals surface area contributed by atoms with Crippen LogP contribution in [-0.2, 0) is 18.4 Å². The van der Waals surface area contributed by atoms with Crippen LogP contribution in [-0.4, -0.2) is 25.1 Å². The summed E-state index contributed by atoms with van der Waals surface area (Å²) < 4.78 is 9.30. The predicted molar refractivity (Wildman–Crippen MR) is 119 cm³/mol. The first-order valence-electron chi connectivity index (χ1n) is 9.66. The van der Waals surface area contributed by atoms with Gasteiger partial charge in [-0.1, -0.05) is 36.4 Å². The molecule has 2 aromatic carbocycles. The van der Waals surface area contributed by atoms with Crippen LogP contribution < -0.4 is 5.56 Å². The van der Waals surface area contributed by atoms with Crippen LogP contribution in [0.3, 0.4) is 0 Å². The van der Waals surface area contributed by atoms with E-state index in [2.05, 4.69) is 16.3 Å². The number of aromatic nitrogens is 4. The van der Waals surface area contributed by atoms with Crippen molar-refractivity contribution in [2.24, 2.45) is 7.05 Å². The molecule has 0 amide bonds. The van der Waals surface area contributed by atoms with Gasteiger partial charge in [0.05, 0.1) is 22.7 Å². The number of carbonyl (C=O) groups excluding carboxylic acids is 1. The highest BCUT2D eigenvalue weighted by atomic mass is 32.1. The van der Waals surface area contributed by atoms with Crippen molar-refractivity contribution >= 4 is 33.3 Å². The zero-order valence-electron chi connectivity index (χ0n) is 16.8. The second-order valence-electron chi connectivity index (χ2n) is 7.03. The van der Waals surface area contributed by atoms with Gasteiger partial charge in [-0.15, -0.1) is 21.5 Å². The minimum absolute atomic E-state index is 0.128. The summed E-state index contributed by atoms with van der Waals surface area (Å²) in [5.74, 6) is 0.231. The predicted octanol–water partition coefficient (Wildman–Crippen LogP) is 3.54. The SMILES string of the molecule is Cn1c(=O)c2sccc2n2c(COC(=O)c3ccccc3-c3ccccc3C#N)nnc12. The monoisotopic (exact) mass is 441 g/mol. The topological polar surface area (TPSA) is 102 Å². The summed E-state index contributed by atoms with van der Waals surface area (Å²) in [5.41, 5.74) is 2.61. The van der Waals surface area contributed by atoms with Crippen LogP contribution in [0.2, 0.25) is 0 Å². The largest absolute Gasteiger partial charge is 0.454 e. The van der Waals surface area contributed by atoms with E-state index in [0.29, 0.717) is 44.1 Å². The van der Waals surface area contributed by atoms with Crippen molar-refractivity contribution in [3.63, 3.8) is 0 Å². The number of carbonyl (C=O) groups is 1. The van der Waals surface area contributed by atoms with Gasteiger partial charge in [0.15, 0.2) is 12.4 Å². The summed E-state index contributed by atoms with van der Waals surface area (Å²) in [4.78, 5) is 25.5. The van der Waals surface area contributed by atoms with E-state index in [9.17, 15) is 14.9 Å². The van der Waals surface area contributed by atoms with Crippen molar-refractivity contribution in [3.05, 3.63) is 87.3 Å². The van der Waals surface area contributed by atoms with Gasteiger partial charge in [0, 0.05) is 12.6 Å². The van der Waals surface area contributed by atoms with Crippen molar-refractivity contribution in [1.29, 1.82) is 5.26 Å². The number of hydrogen-bond donors (Lipinski definition) is 0. The van der Waals surface area contributed by atoms with Gasteiger partial charge < -0.3 is 4.74 Å². The molecule has 0 fully saturated rings. The number of nitriles is 1. The van der Waals surface area contributed by atoms with Crippen LogP contribution in [0.25, 0.3) is 27.1 Å². The van der Waals surface area contributed by atoms with E-state index in [1.165, 1.54) is 15.9 Å². The summed E-state index contributed by atoms with van der Waals surface area (Å²) >= 11 is 1.34. The van der Waals surface area contributed by atoms with Gasteiger partial charge in [0.1, 0.15) is 4.70 Å². The van der Waals surface area contributed by atoms with Crippen molar-refractivity contribution in [2.75, 3.05) is 0 Å². The number of thiophene rings is 1. The van der Waals surface area contributed by atoms with E-state index in [0.717, 1.165) is 0 Å². The fraction of sp³-hybridized carbons (Fsp3) is 0.0870. The van der Waals surface area contributed by atoms with Gasteiger partial charge in [-0.05, 0) is 29.1 Å². The molecule has 3 aromatic heterocycles. The highest BCUT2D eigenvalue weighted by Gasteiger charge is 2.19. The molecule has 32 heavy (non-hydrogen) atoms. The highest BCUT2D eigenvalue weighted by Crippen LogP contribution is 2.27. The summed E-state index contributed by atoms with van der Waals surface area (Å²) in [6.45, 7) is -0.128. The van der Waals surface area contributed by atoms with E-state index < -0.39 is 5.97 Å². The Balaban J connectivity index is 1.50. The number of nitrogens with zero attached hydrogens (tertiary/aromatic N) is 5. The van der Waals surface area contributed by atoms with Crippen molar-refractivity contribution in [1.82, 2.24) is 19.2 Å². The lowest BCUT2D eigenvalue weighted by molar-refractivity contribution is 0.0462. The van der Waals surface area contributed by atoms with Gasteiger partial charge in [0.25, 0.3) is 5.56 Å². The lowest BCUT2D eigenvalue weighted by atomic mass is 9.96. The number of fused-ring (bicyclic) bond motifs is 3. The quantitative estimate of drug-likeness (QED) is 0.395. The lowest BCUT2D eigenvalue weighted by Gasteiger charge is -2.11. The third kappa shape index (κ3) is 3.05. The van der Waals surface area contributed by atoms with Crippen LogP contribution in [0.4, 0.5) is 0 Å². The van der Waals surface area contributed by atoms with E-state index in [1.54, 1.807) is 53.9 Å². The normalized spacial score (nSPS) is 11.0. The van der Waals surface area contributed by atoms with Gasteiger partial charge in [0.2, 0.25) is 5.78 Å². The Morgan fingerprint density at radius 2 is 1.84 bits per heavy atom. The molecule has 0 radical (unpaired) electrons. The molecule has 0 N–H and O–H groups in total. The molecule has 0 aliphatic heterocycles. The van der Waals surface area contributed by atoms with Gasteiger partial charge in [-0.2, -0.15) is 5.26 Å². The lowest BCUT2D eigenvalue weighted by Crippen LogP contribution is -2.19. The molecule has 0 saturated heterocycles. The average molecular weight is 441 g/mol. The molecule has 5 aromatic rings. The Morgan fingerprint density at radius 1 is 1.09 bits per heavy atom. The Kier molecular flexibility index (Phi) is 4.77. The van der Waals surface area contributed by atoms with Crippen LogP contribution in [0.15, 0.2) is 64.8 Å². The first kappa shape index (κ1) is 19.7. The van der Waals surface area contributed by atoms with E-state index >= 15 is 0 Å². The molecular formula is C23H15N5O3S. The molecule has 0 saturated carbocycles. The van der Waals surface area contributed by atoms with Crippen LogP contribution in [0, 0.1) is 11.3 Å². The first-order chi connectivity index (χ1) is 15.6. The molecule has 0 unspecified atom stereocenters. The van der Waals surface area contributed by atoms with Gasteiger partial charge in [-0.25, -0.2) is 4.79 Å². The summed E-state index contributed by atoms with van der Waals surface area (Å²) in [6, 6.07) is 18.1. The van der Waals surface area contributed by atoms with Gasteiger partial charge >= 0.3 is 5.97 Å². The number of ether oxygens (including phenoxy) is 1. The van der Waals surface area contributed by atoms with Crippen LogP contribution >= 0.6 is 11.3 Å². The van der Waals surface area contributed by atoms with E-state index in [1.807, 2.05) is 17.5 Å². The van der Waals surface area contributed by atoms with Crippen LogP contribution in [0.5, 0.6) is 0 Å². The zero-order chi connectivity index (χ0) is 22.2. The zero-order valence-corrected chi connectivity index (χ0v) is 17.7. The maximum Gasteiger partial charge on any atom is 0.339 e. The fourth-order valence-electron chi connectivity index (χ4n) is 3.67. The molecule has 9 heteroatoms. The molecule has 0 atom stereocenters. The average Bonchev–Trinajstić information content (AvgIpc) is 3.48. The maximum atomic E-state index is 13.0. The molecule has 3 heterocycles. The Morgan fingerprint density at radius 3 is 2.66 bits per heavy atom. The van der Waals surface area contributed by atoms with Crippen molar-refractivity contribution < 1.29 is 9.53 Å². The number of hydrogen-bond acceptors (Lipinski definition) is 7. The molecule has 5 rings (SSSR count). The first-order valence-corrected chi connectivity index (χ1v) is 10.5. The smallest absolute Gasteiger partial charge is 0.339 e. The minimum Gasteiger partial charge on any atom is -0.454 e. The molecule has 0 spiro atoms. The molecule has 156 valence electrons. The second-order valence-corrected chi connectivity index (χ2v) is 7.95. The van der Waals surface area contributed by atoms with Crippen molar-refractivity contribution in [2.45, 2.75) is 6.61 Å². The minimum atomic E-state index is -0.545.